The van der Waals surface area contributed by atoms with Gasteiger partial charge in [0, 0.05) is 23.3 Å². The number of methoxy groups -OCH3 is 1. The molecule has 2 N–H and O–H groups in total. The molecule has 138 valence electrons. The first-order valence-electron chi connectivity index (χ1n) is 8.33. The van der Waals surface area contributed by atoms with Crippen LogP contribution in [0.4, 0.5) is 11.5 Å². The summed E-state index contributed by atoms with van der Waals surface area (Å²) in [4.78, 5) is 21.0. The van der Waals surface area contributed by atoms with Crippen molar-refractivity contribution in [2.45, 2.75) is 13.5 Å². The molecule has 0 aliphatic heterocycles. The molecule has 1 amide bonds. The van der Waals surface area contributed by atoms with Crippen LogP contribution < -0.4 is 15.4 Å². The Balaban J connectivity index is 1.68. The Morgan fingerprint density at radius 3 is 2.44 bits per heavy atom. The van der Waals surface area contributed by atoms with Gasteiger partial charge in [0.2, 0.25) is 0 Å². The fourth-order valence-electron chi connectivity index (χ4n) is 2.45. The minimum atomic E-state index is -0.268. The zero-order valence-electron chi connectivity index (χ0n) is 15.0. The Morgan fingerprint density at radius 1 is 1.07 bits per heavy atom. The summed E-state index contributed by atoms with van der Waals surface area (Å²) in [7, 11) is 1.61. The van der Waals surface area contributed by atoms with Crippen LogP contribution in [0.2, 0.25) is 5.02 Å². The van der Waals surface area contributed by atoms with Crippen molar-refractivity contribution in [1.82, 2.24) is 15.3 Å². The van der Waals surface area contributed by atoms with Crippen LogP contribution >= 0.6 is 11.6 Å². The molecule has 0 spiro atoms. The molecule has 0 aliphatic carbocycles. The van der Waals surface area contributed by atoms with E-state index in [1.54, 1.807) is 32.2 Å². The third kappa shape index (κ3) is 5.18. The first kappa shape index (κ1) is 18.7. The van der Waals surface area contributed by atoms with Crippen LogP contribution in [0.3, 0.4) is 0 Å². The summed E-state index contributed by atoms with van der Waals surface area (Å²) in [6.45, 7) is 2.14. The highest BCUT2D eigenvalue weighted by Gasteiger charge is 2.11. The number of aromatic nitrogens is 2. The second-order valence-electron chi connectivity index (χ2n) is 5.85. The number of aryl methyl sites for hydroxylation is 1. The van der Waals surface area contributed by atoms with E-state index in [9.17, 15) is 4.79 Å². The standard InChI is InChI=1S/C20H19ClN4O2/c1-13-23-18(11-19(24-13)25-16-7-5-15(21)6-8-16)20(26)22-12-14-3-9-17(27-2)10-4-14/h3-11H,12H2,1-2H3,(H,22,26)(H,23,24,25). The van der Waals surface area contributed by atoms with Crippen LogP contribution in [0, 0.1) is 6.92 Å². The lowest BCUT2D eigenvalue weighted by Gasteiger charge is -2.10. The number of nitrogens with one attached hydrogen (secondary N) is 2. The van der Waals surface area contributed by atoms with E-state index in [-0.39, 0.29) is 5.91 Å². The molecule has 7 heteroatoms. The third-order valence-corrected chi connectivity index (χ3v) is 4.05. The van der Waals surface area contributed by atoms with E-state index in [1.807, 2.05) is 36.4 Å². The van der Waals surface area contributed by atoms with Gasteiger partial charge in [-0.1, -0.05) is 23.7 Å². The summed E-state index contributed by atoms with van der Waals surface area (Å²) in [5.74, 6) is 1.55. The maximum atomic E-state index is 12.5. The minimum Gasteiger partial charge on any atom is -0.497 e. The maximum absolute atomic E-state index is 12.5. The predicted octanol–water partition coefficient (Wildman–Crippen LogP) is 4.12. The molecule has 1 aromatic heterocycles. The second-order valence-corrected chi connectivity index (χ2v) is 6.28. The molecule has 6 nitrogen and oxygen atoms in total. The Kier molecular flexibility index (Phi) is 5.88. The Hall–Kier alpha value is -3.12. The van der Waals surface area contributed by atoms with Crippen LogP contribution in [0.25, 0.3) is 0 Å². The molecule has 27 heavy (non-hydrogen) atoms. The van der Waals surface area contributed by atoms with E-state index in [4.69, 9.17) is 16.3 Å². The Labute approximate surface area is 162 Å². The molecular formula is C20H19ClN4O2. The number of amides is 1. The van der Waals surface area contributed by atoms with E-state index in [1.165, 1.54) is 0 Å². The molecule has 0 atom stereocenters. The topological polar surface area (TPSA) is 76.1 Å². The molecule has 0 unspecified atom stereocenters. The lowest BCUT2D eigenvalue weighted by atomic mass is 10.2. The SMILES string of the molecule is COc1ccc(CNC(=O)c2cc(Nc3ccc(Cl)cc3)nc(C)n2)cc1. The van der Waals surface area contributed by atoms with Crippen molar-refractivity contribution in [3.05, 3.63) is 76.7 Å². The molecule has 0 fully saturated rings. The number of nitrogens with zero attached hydrogens (tertiary/aromatic N) is 2. The average molecular weight is 383 g/mol. The van der Waals surface area contributed by atoms with Crippen LogP contribution in [-0.4, -0.2) is 23.0 Å². The molecule has 3 aromatic rings. The highest BCUT2D eigenvalue weighted by atomic mass is 35.5. The number of carbonyl (C=O) groups excluding carboxylic acids is 1. The summed E-state index contributed by atoms with van der Waals surface area (Å²) < 4.78 is 5.13. The van der Waals surface area contributed by atoms with Crippen molar-refractivity contribution < 1.29 is 9.53 Å². The zero-order valence-corrected chi connectivity index (χ0v) is 15.7. The summed E-state index contributed by atoms with van der Waals surface area (Å²) >= 11 is 5.90. The smallest absolute Gasteiger partial charge is 0.270 e. The molecule has 0 bridgehead atoms. The van der Waals surface area contributed by atoms with Gasteiger partial charge in [0.1, 0.15) is 23.1 Å². The van der Waals surface area contributed by atoms with Crippen molar-refractivity contribution in [1.29, 1.82) is 0 Å². The normalized spacial score (nSPS) is 10.3. The third-order valence-electron chi connectivity index (χ3n) is 3.80. The zero-order chi connectivity index (χ0) is 19.2. The summed E-state index contributed by atoms with van der Waals surface area (Å²) in [5.41, 5.74) is 2.09. The van der Waals surface area contributed by atoms with Crippen molar-refractivity contribution in [2.75, 3.05) is 12.4 Å². The monoisotopic (exact) mass is 382 g/mol. The largest absolute Gasteiger partial charge is 0.497 e. The van der Waals surface area contributed by atoms with Gasteiger partial charge >= 0.3 is 0 Å². The number of anilines is 2. The van der Waals surface area contributed by atoms with Crippen LogP contribution in [0.5, 0.6) is 5.75 Å². The van der Waals surface area contributed by atoms with Gasteiger partial charge in [0.15, 0.2) is 0 Å². The number of hydrogen-bond donors (Lipinski definition) is 2. The van der Waals surface area contributed by atoms with E-state index in [2.05, 4.69) is 20.6 Å². The number of benzene rings is 2. The molecule has 1 heterocycles. The van der Waals surface area contributed by atoms with Gasteiger partial charge in [-0.05, 0) is 48.9 Å². The van der Waals surface area contributed by atoms with Crippen molar-refractivity contribution in [3.63, 3.8) is 0 Å². The molecule has 0 radical (unpaired) electrons. The van der Waals surface area contributed by atoms with Gasteiger partial charge in [-0.25, -0.2) is 9.97 Å². The minimum absolute atomic E-state index is 0.268. The Morgan fingerprint density at radius 2 is 1.78 bits per heavy atom. The number of rotatable bonds is 6. The first-order valence-corrected chi connectivity index (χ1v) is 8.71. The van der Waals surface area contributed by atoms with Crippen LogP contribution in [0.15, 0.2) is 54.6 Å². The van der Waals surface area contributed by atoms with E-state index < -0.39 is 0 Å². The van der Waals surface area contributed by atoms with Gasteiger partial charge in [0.05, 0.1) is 7.11 Å². The summed E-state index contributed by atoms with van der Waals surface area (Å²) in [6.07, 6.45) is 0. The molecule has 3 rings (SSSR count). The maximum Gasteiger partial charge on any atom is 0.270 e. The number of ether oxygens (including phenoxy) is 1. The molecule has 0 aliphatic rings. The fraction of sp³-hybridized carbons (Fsp3) is 0.150. The number of carbonyl (C=O) groups is 1. The summed E-state index contributed by atoms with van der Waals surface area (Å²) in [5, 5.41) is 6.66. The highest BCUT2D eigenvalue weighted by Crippen LogP contribution is 2.18. The van der Waals surface area contributed by atoms with Gasteiger partial charge < -0.3 is 15.4 Å². The quantitative estimate of drug-likeness (QED) is 0.670. The van der Waals surface area contributed by atoms with Crippen LogP contribution in [-0.2, 0) is 6.54 Å². The molecule has 0 saturated carbocycles. The van der Waals surface area contributed by atoms with Crippen molar-refractivity contribution >= 4 is 29.0 Å². The number of hydrogen-bond acceptors (Lipinski definition) is 5. The van der Waals surface area contributed by atoms with Crippen LogP contribution in [0.1, 0.15) is 21.9 Å². The Bertz CT molecular complexity index is 928. The van der Waals surface area contributed by atoms with Gasteiger partial charge in [0.25, 0.3) is 5.91 Å². The van der Waals surface area contributed by atoms with E-state index in [0.29, 0.717) is 28.9 Å². The molecule has 2 aromatic carbocycles. The highest BCUT2D eigenvalue weighted by molar-refractivity contribution is 6.30. The van der Waals surface area contributed by atoms with Gasteiger partial charge in [-0.15, -0.1) is 0 Å². The average Bonchev–Trinajstić information content (AvgIpc) is 2.68. The number of halogens is 1. The first-order chi connectivity index (χ1) is 13.0. The lowest BCUT2D eigenvalue weighted by molar-refractivity contribution is 0.0945. The molecule has 0 saturated heterocycles. The second kappa shape index (κ2) is 8.51. The molecular weight excluding hydrogens is 364 g/mol. The van der Waals surface area contributed by atoms with Crippen molar-refractivity contribution in [2.24, 2.45) is 0 Å². The fourth-order valence-corrected chi connectivity index (χ4v) is 2.57. The van der Waals surface area contributed by atoms with Gasteiger partial charge in [-0.2, -0.15) is 0 Å². The van der Waals surface area contributed by atoms with Gasteiger partial charge in [-0.3, -0.25) is 4.79 Å². The lowest BCUT2D eigenvalue weighted by Crippen LogP contribution is -2.24. The van der Waals surface area contributed by atoms with E-state index in [0.717, 1.165) is 17.0 Å². The van der Waals surface area contributed by atoms with E-state index >= 15 is 0 Å². The summed E-state index contributed by atoms with van der Waals surface area (Å²) in [6, 6.07) is 16.4. The predicted molar refractivity (Wildman–Crippen MR) is 106 cm³/mol. The van der Waals surface area contributed by atoms with Crippen molar-refractivity contribution in [3.8, 4) is 5.75 Å².